The molecule has 30 heavy (non-hydrogen) atoms. The Morgan fingerprint density at radius 1 is 1.00 bits per heavy atom. The van der Waals surface area contributed by atoms with Gasteiger partial charge in [0, 0.05) is 23.5 Å². The maximum atomic E-state index is 6.28. The van der Waals surface area contributed by atoms with Crippen LogP contribution < -0.4 is 5.46 Å². The maximum Gasteiger partial charge on any atom is 0.494 e. The van der Waals surface area contributed by atoms with Crippen LogP contribution in [0.1, 0.15) is 54.0 Å². The summed E-state index contributed by atoms with van der Waals surface area (Å²) in [6.45, 7) is 20.0. The highest BCUT2D eigenvalue weighted by molar-refractivity contribution is 6.74. The highest BCUT2D eigenvalue weighted by Crippen LogP contribution is 2.37. The normalized spacial score (nSPS) is 18.6. The van der Waals surface area contributed by atoms with Crippen molar-refractivity contribution in [3.8, 4) is 11.4 Å². The quantitative estimate of drug-likeness (QED) is 0.633. The van der Waals surface area contributed by atoms with Gasteiger partial charge in [0.05, 0.1) is 17.8 Å². The third-order valence-electron chi connectivity index (χ3n) is 6.78. The van der Waals surface area contributed by atoms with E-state index in [-0.39, 0.29) is 16.2 Å². The summed E-state index contributed by atoms with van der Waals surface area (Å²) in [7, 11) is -2.19. The number of benzene rings is 1. The lowest BCUT2D eigenvalue weighted by Gasteiger charge is -2.36. The average Bonchev–Trinajstić information content (AvgIpc) is 2.87. The van der Waals surface area contributed by atoms with Gasteiger partial charge in [0.1, 0.15) is 0 Å². The second-order valence-corrected chi connectivity index (χ2v) is 15.5. The monoisotopic (exact) mass is 426 g/mol. The first kappa shape index (κ1) is 23.1. The first-order chi connectivity index (χ1) is 13.7. The molecule has 0 amide bonds. The molecule has 0 spiro atoms. The van der Waals surface area contributed by atoms with Crippen molar-refractivity contribution in [2.75, 3.05) is 0 Å². The lowest BCUT2D eigenvalue weighted by atomic mass is 9.78. The van der Waals surface area contributed by atoms with Crippen molar-refractivity contribution in [2.24, 2.45) is 0 Å². The van der Waals surface area contributed by atoms with Gasteiger partial charge in [-0.1, -0.05) is 45.0 Å². The number of aromatic nitrogens is 2. The summed E-state index contributed by atoms with van der Waals surface area (Å²) in [4.78, 5) is 9.16. The zero-order valence-corrected chi connectivity index (χ0v) is 20.9. The van der Waals surface area contributed by atoms with Gasteiger partial charge in [-0.2, -0.15) is 0 Å². The molecule has 1 aliphatic rings. The molecule has 0 unspecified atom stereocenters. The van der Waals surface area contributed by atoms with Crippen LogP contribution in [0.15, 0.2) is 36.7 Å². The van der Waals surface area contributed by atoms with Crippen LogP contribution in [-0.4, -0.2) is 36.6 Å². The minimum Gasteiger partial charge on any atom is -0.412 e. The van der Waals surface area contributed by atoms with Crippen molar-refractivity contribution in [3.05, 3.63) is 42.2 Å². The van der Waals surface area contributed by atoms with Crippen molar-refractivity contribution >= 4 is 20.9 Å². The van der Waals surface area contributed by atoms with Crippen LogP contribution in [-0.2, 0) is 20.3 Å². The maximum absolute atomic E-state index is 6.28. The topological polar surface area (TPSA) is 53.5 Å². The molecule has 2 aromatic rings. The van der Waals surface area contributed by atoms with Crippen LogP contribution >= 0.6 is 0 Å². The van der Waals surface area contributed by atoms with E-state index in [0.717, 1.165) is 16.6 Å². The molecule has 7 heteroatoms. The van der Waals surface area contributed by atoms with Crippen LogP contribution in [0.4, 0.5) is 0 Å². The molecular weight excluding hydrogens is 391 g/mol. The standard InChI is InChI=1S/C23H35BN2O3Si/c1-21(2,3)30(8,9)27-16-17-14-25-20(26-15-17)18-11-10-12-19(13-18)24-28-22(4,5)23(6,7)29-24/h10-15H,16H2,1-9H3. The van der Waals surface area contributed by atoms with E-state index in [9.17, 15) is 0 Å². The molecular formula is C23H35BN2O3Si. The first-order valence-corrected chi connectivity index (χ1v) is 13.5. The lowest BCUT2D eigenvalue weighted by molar-refractivity contribution is 0.00578. The Kier molecular flexibility index (Phi) is 6.06. The van der Waals surface area contributed by atoms with Gasteiger partial charge in [-0.3, -0.25) is 0 Å². The molecule has 0 saturated carbocycles. The molecule has 0 bridgehead atoms. The van der Waals surface area contributed by atoms with Gasteiger partial charge in [-0.25, -0.2) is 9.97 Å². The Hall–Kier alpha value is -1.54. The van der Waals surface area contributed by atoms with E-state index in [2.05, 4.69) is 71.5 Å². The predicted octanol–water partition coefficient (Wildman–Crippen LogP) is 4.96. The van der Waals surface area contributed by atoms with E-state index in [4.69, 9.17) is 13.7 Å². The van der Waals surface area contributed by atoms with Gasteiger partial charge in [-0.15, -0.1) is 0 Å². The SMILES string of the molecule is CC1(C)OB(c2cccc(-c3ncc(CO[Si](C)(C)C(C)(C)C)cn3)c2)OC1(C)C. The van der Waals surface area contributed by atoms with Crippen molar-refractivity contribution in [3.63, 3.8) is 0 Å². The Balaban J connectivity index is 1.73. The van der Waals surface area contributed by atoms with Gasteiger partial charge in [0.15, 0.2) is 14.1 Å². The van der Waals surface area contributed by atoms with Gasteiger partial charge >= 0.3 is 7.12 Å². The van der Waals surface area contributed by atoms with E-state index in [0.29, 0.717) is 12.4 Å². The highest BCUT2D eigenvalue weighted by Gasteiger charge is 2.51. The fourth-order valence-electron chi connectivity index (χ4n) is 2.86. The van der Waals surface area contributed by atoms with Gasteiger partial charge in [0.2, 0.25) is 0 Å². The second-order valence-electron chi connectivity index (χ2n) is 10.7. The smallest absolute Gasteiger partial charge is 0.412 e. The van der Waals surface area contributed by atoms with Crippen LogP contribution in [0.2, 0.25) is 18.1 Å². The van der Waals surface area contributed by atoms with Gasteiger partial charge in [0.25, 0.3) is 0 Å². The van der Waals surface area contributed by atoms with Gasteiger partial charge in [-0.05, 0) is 51.3 Å². The van der Waals surface area contributed by atoms with E-state index >= 15 is 0 Å². The Morgan fingerprint density at radius 3 is 2.10 bits per heavy atom. The lowest BCUT2D eigenvalue weighted by Crippen LogP contribution is -2.41. The van der Waals surface area contributed by atoms with E-state index in [1.807, 2.05) is 36.7 Å². The average molecular weight is 426 g/mol. The molecule has 0 atom stereocenters. The van der Waals surface area contributed by atoms with Crippen molar-refractivity contribution in [1.82, 2.24) is 9.97 Å². The number of rotatable bonds is 5. The summed E-state index contributed by atoms with van der Waals surface area (Å²) in [5.41, 5.74) is 2.18. The molecule has 5 nitrogen and oxygen atoms in total. The molecule has 1 saturated heterocycles. The third kappa shape index (κ3) is 4.69. The molecule has 2 heterocycles. The zero-order valence-electron chi connectivity index (χ0n) is 19.9. The van der Waals surface area contributed by atoms with E-state index in [1.54, 1.807) is 0 Å². The van der Waals surface area contributed by atoms with Crippen LogP contribution in [0.25, 0.3) is 11.4 Å². The molecule has 0 aliphatic carbocycles. The molecule has 1 aliphatic heterocycles. The number of hydrogen-bond acceptors (Lipinski definition) is 5. The summed E-state index contributed by atoms with van der Waals surface area (Å²) >= 11 is 0. The van der Waals surface area contributed by atoms with E-state index in [1.165, 1.54) is 0 Å². The van der Waals surface area contributed by atoms with Crippen molar-refractivity contribution in [1.29, 1.82) is 0 Å². The molecule has 162 valence electrons. The largest absolute Gasteiger partial charge is 0.494 e. The Morgan fingerprint density at radius 2 is 1.57 bits per heavy atom. The minimum atomic E-state index is -1.79. The van der Waals surface area contributed by atoms with Crippen LogP contribution in [0.3, 0.4) is 0 Å². The fraction of sp³-hybridized carbons (Fsp3) is 0.565. The minimum absolute atomic E-state index is 0.182. The zero-order chi connectivity index (χ0) is 22.4. The second kappa shape index (κ2) is 7.86. The Bertz CT molecular complexity index is 876. The molecule has 1 aromatic heterocycles. The summed E-state index contributed by atoms with van der Waals surface area (Å²) in [5.74, 6) is 0.685. The molecule has 0 radical (unpaired) electrons. The summed E-state index contributed by atoms with van der Waals surface area (Å²) in [5, 5.41) is 0.182. The highest BCUT2D eigenvalue weighted by atomic mass is 28.4. The summed E-state index contributed by atoms with van der Waals surface area (Å²) in [6, 6.07) is 8.07. The molecule has 1 fully saturated rings. The van der Waals surface area contributed by atoms with Gasteiger partial charge < -0.3 is 13.7 Å². The predicted molar refractivity (Wildman–Crippen MR) is 125 cm³/mol. The first-order valence-electron chi connectivity index (χ1n) is 10.6. The summed E-state index contributed by atoms with van der Waals surface area (Å²) in [6.07, 6.45) is 3.72. The summed E-state index contributed by atoms with van der Waals surface area (Å²) < 4.78 is 18.6. The number of nitrogens with zero attached hydrogens (tertiary/aromatic N) is 2. The molecule has 3 rings (SSSR count). The number of hydrogen-bond donors (Lipinski definition) is 0. The van der Waals surface area contributed by atoms with Crippen LogP contribution in [0, 0.1) is 0 Å². The van der Waals surface area contributed by atoms with Crippen LogP contribution in [0.5, 0.6) is 0 Å². The molecule has 0 N–H and O–H groups in total. The Labute approximate surface area is 182 Å². The van der Waals surface area contributed by atoms with E-state index < -0.39 is 15.4 Å². The third-order valence-corrected chi connectivity index (χ3v) is 11.3. The molecule has 1 aromatic carbocycles. The van der Waals surface area contributed by atoms with Crippen molar-refractivity contribution < 1.29 is 13.7 Å². The van der Waals surface area contributed by atoms with Crippen molar-refractivity contribution in [2.45, 2.75) is 84.4 Å². The fourth-order valence-corrected chi connectivity index (χ4v) is 3.82.